The Hall–Kier alpha value is -1.50. The molecule has 3 rings (SSSR count). The zero-order chi connectivity index (χ0) is 18.2. The third kappa shape index (κ3) is 5.25. The predicted octanol–water partition coefficient (Wildman–Crippen LogP) is 7.87. The van der Waals surface area contributed by atoms with Crippen molar-refractivity contribution in [3.05, 3.63) is 42.0 Å². The van der Waals surface area contributed by atoms with E-state index in [2.05, 4.69) is 43.3 Å². The van der Waals surface area contributed by atoms with E-state index in [1.807, 2.05) is 6.92 Å². The number of fused-ring (bicyclic) bond motifs is 1. The molecule has 1 heteroatoms. The van der Waals surface area contributed by atoms with Gasteiger partial charge >= 0.3 is 0 Å². The molecule has 0 N–H and O–H groups in total. The maximum atomic E-state index is 5.63. The van der Waals surface area contributed by atoms with Gasteiger partial charge in [-0.1, -0.05) is 69.7 Å². The summed E-state index contributed by atoms with van der Waals surface area (Å²) in [6, 6.07) is 13.5. The molecule has 1 saturated carbocycles. The van der Waals surface area contributed by atoms with E-state index in [1.54, 1.807) is 5.56 Å². The molecule has 1 fully saturated rings. The van der Waals surface area contributed by atoms with Gasteiger partial charge in [0.1, 0.15) is 5.75 Å². The van der Waals surface area contributed by atoms with Gasteiger partial charge in [-0.2, -0.15) is 0 Å². The number of ether oxygens (including phenoxy) is 1. The molecular weight excluding hydrogens is 316 g/mol. The molecular formula is C25H36O. The minimum atomic E-state index is 0.728. The Bertz CT molecular complexity index is 667. The van der Waals surface area contributed by atoms with Gasteiger partial charge < -0.3 is 4.74 Å². The minimum absolute atomic E-state index is 0.728. The number of rotatable bonds is 9. The summed E-state index contributed by atoms with van der Waals surface area (Å²) in [5.74, 6) is 2.73. The van der Waals surface area contributed by atoms with Crippen LogP contribution < -0.4 is 4.74 Å². The second-order valence-corrected chi connectivity index (χ2v) is 8.12. The number of unbranched alkanes of at least 4 members (excludes halogenated alkanes) is 4. The van der Waals surface area contributed by atoms with Gasteiger partial charge in [-0.25, -0.2) is 0 Å². The lowest BCUT2D eigenvalue weighted by Gasteiger charge is -2.29. The fourth-order valence-corrected chi connectivity index (χ4v) is 4.57. The topological polar surface area (TPSA) is 9.23 Å². The van der Waals surface area contributed by atoms with Crippen LogP contribution in [0.2, 0.25) is 0 Å². The lowest BCUT2D eigenvalue weighted by Crippen LogP contribution is -2.13. The van der Waals surface area contributed by atoms with Crippen LogP contribution in [0.5, 0.6) is 5.75 Å². The first-order valence-corrected chi connectivity index (χ1v) is 11.0. The second-order valence-electron chi connectivity index (χ2n) is 8.12. The number of hydrogen-bond acceptors (Lipinski definition) is 1. The summed E-state index contributed by atoms with van der Waals surface area (Å²) in [4.78, 5) is 0. The average Bonchev–Trinajstić information content (AvgIpc) is 2.68. The van der Waals surface area contributed by atoms with Gasteiger partial charge in [0, 0.05) is 0 Å². The van der Waals surface area contributed by atoms with Gasteiger partial charge in [0.05, 0.1) is 6.61 Å². The molecule has 0 aromatic heterocycles. The van der Waals surface area contributed by atoms with Gasteiger partial charge in [-0.05, 0) is 72.9 Å². The van der Waals surface area contributed by atoms with Crippen LogP contribution in [0.3, 0.4) is 0 Å². The van der Waals surface area contributed by atoms with E-state index >= 15 is 0 Å². The molecule has 1 nitrogen and oxygen atoms in total. The van der Waals surface area contributed by atoms with Crippen LogP contribution in [-0.2, 0) is 0 Å². The highest BCUT2D eigenvalue weighted by atomic mass is 16.5. The summed E-state index contributed by atoms with van der Waals surface area (Å²) in [5.41, 5.74) is 1.54. The fraction of sp³-hybridized carbons (Fsp3) is 0.600. The molecule has 0 heterocycles. The highest BCUT2D eigenvalue weighted by molar-refractivity contribution is 5.84. The molecule has 0 spiro atoms. The molecule has 0 radical (unpaired) electrons. The van der Waals surface area contributed by atoms with Gasteiger partial charge in [-0.15, -0.1) is 0 Å². The van der Waals surface area contributed by atoms with E-state index in [9.17, 15) is 0 Å². The highest BCUT2D eigenvalue weighted by Gasteiger charge is 2.22. The molecule has 26 heavy (non-hydrogen) atoms. The number of hydrogen-bond donors (Lipinski definition) is 0. The van der Waals surface area contributed by atoms with Crippen molar-refractivity contribution in [2.75, 3.05) is 6.61 Å². The molecule has 2 aromatic rings. The lowest BCUT2D eigenvalue weighted by molar-refractivity contribution is 0.302. The normalized spacial score (nSPS) is 20.4. The molecule has 0 aliphatic heterocycles. The molecule has 2 aromatic carbocycles. The Balaban J connectivity index is 1.51. The Morgan fingerprint density at radius 3 is 2.31 bits per heavy atom. The molecule has 0 amide bonds. The molecule has 0 saturated heterocycles. The third-order valence-electron chi connectivity index (χ3n) is 6.18. The number of benzene rings is 2. The van der Waals surface area contributed by atoms with Crippen LogP contribution in [0.4, 0.5) is 0 Å². The Labute approximate surface area is 160 Å². The Morgan fingerprint density at radius 2 is 1.54 bits per heavy atom. The van der Waals surface area contributed by atoms with E-state index in [1.165, 1.54) is 75.0 Å². The SMILES string of the molecule is CCCCCCCC1CCC(c2ccc3cc(OCC)ccc3c2)CC1. The van der Waals surface area contributed by atoms with Crippen LogP contribution in [0.25, 0.3) is 10.8 Å². The van der Waals surface area contributed by atoms with Crippen molar-refractivity contribution in [3.8, 4) is 5.75 Å². The summed E-state index contributed by atoms with van der Waals surface area (Å²) in [6.07, 6.45) is 14.2. The van der Waals surface area contributed by atoms with Gasteiger partial charge in [0.25, 0.3) is 0 Å². The maximum absolute atomic E-state index is 5.63. The smallest absolute Gasteiger partial charge is 0.119 e. The van der Waals surface area contributed by atoms with Crippen LogP contribution >= 0.6 is 0 Å². The second kappa shape index (κ2) is 10.00. The monoisotopic (exact) mass is 352 g/mol. The van der Waals surface area contributed by atoms with E-state index < -0.39 is 0 Å². The molecule has 1 aliphatic carbocycles. The maximum Gasteiger partial charge on any atom is 0.119 e. The van der Waals surface area contributed by atoms with Crippen molar-refractivity contribution in [2.45, 2.75) is 84.0 Å². The van der Waals surface area contributed by atoms with E-state index in [-0.39, 0.29) is 0 Å². The molecule has 0 atom stereocenters. The first-order chi connectivity index (χ1) is 12.8. The summed E-state index contributed by atoms with van der Waals surface area (Å²) in [5, 5.41) is 2.64. The summed E-state index contributed by atoms with van der Waals surface area (Å²) < 4.78 is 5.63. The van der Waals surface area contributed by atoms with Crippen molar-refractivity contribution < 1.29 is 4.74 Å². The van der Waals surface area contributed by atoms with Crippen molar-refractivity contribution in [1.29, 1.82) is 0 Å². The summed E-state index contributed by atoms with van der Waals surface area (Å²) >= 11 is 0. The van der Waals surface area contributed by atoms with Crippen molar-refractivity contribution in [1.82, 2.24) is 0 Å². The van der Waals surface area contributed by atoms with Crippen molar-refractivity contribution >= 4 is 10.8 Å². The fourth-order valence-electron chi connectivity index (χ4n) is 4.57. The van der Waals surface area contributed by atoms with Crippen LogP contribution in [-0.4, -0.2) is 6.61 Å². The zero-order valence-corrected chi connectivity index (χ0v) is 16.8. The highest BCUT2D eigenvalue weighted by Crippen LogP contribution is 2.38. The Kier molecular flexibility index (Phi) is 7.41. The summed E-state index contributed by atoms with van der Waals surface area (Å²) in [6.45, 7) is 5.06. The van der Waals surface area contributed by atoms with Crippen LogP contribution in [0, 0.1) is 5.92 Å². The average molecular weight is 353 g/mol. The first-order valence-electron chi connectivity index (χ1n) is 11.0. The Morgan fingerprint density at radius 1 is 0.808 bits per heavy atom. The minimum Gasteiger partial charge on any atom is -0.494 e. The van der Waals surface area contributed by atoms with E-state index in [4.69, 9.17) is 4.74 Å². The first kappa shape index (κ1) is 19.3. The van der Waals surface area contributed by atoms with Gasteiger partial charge in [0.15, 0.2) is 0 Å². The predicted molar refractivity (Wildman–Crippen MR) is 113 cm³/mol. The molecule has 0 bridgehead atoms. The van der Waals surface area contributed by atoms with Crippen LogP contribution in [0.1, 0.15) is 89.5 Å². The van der Waals surface area contributed by atoms with Crippen molar-refractivity contribution in [2.24, 2.45) is 5.92 Å². The zero-order valence-electron chi connectivity index (χ0n) is 16.8. The van der Waals surface area contributed by atoms with Gasteiger partial charge in [-0.3, -0.25) is 0 Å². The van der Waals surface area contributed by atoms with E-state index in [0.29, 0.717) is 0 Å². The van der Waals surface area contributed by atoms with Crippen LogP contribution in [0.15, 0.2) is 36.4 Å². The molecule has 1 aliphatic rings. The third-order valence-corrected chi connectivity index (χ3v) is 6.18. The standard InChI is InChI=1S/C25H36O/c1-3-5-6-7-8-9-20-10-12-21(13-11-20)22-14-15-24-19-25(26-4-2)17-16-23(24)18-22/h14-21H,3-13H2,1-2H3. The van der Waals surface area contributed by atoms with Gasteiger partial charge in [0.2, 0.25) is 0 Å². The molecule has 0 unspecified atom stereocenters. The summed E-state index contributed by atoms with van der Waals surface area (Å²) in [7, 11) is 0. The quantitative estimate of drug-likeness (QED) is 0.417. The van der Waals surface area contributed by atoms with Crippen molar-refractivity contribution in [3.63, 3.8) is 0 Å². The lowest BCUT2D eigenvalue weighted by atomic mass is 9.77. The largest absolute Gasteiger partial charge is 0.494 e. The molecule has 142 valence electrons. The van der Waals surface area contributed by atoms with E-state index in [0.717, 1.165) is 24.2 Å².